The summed E-state index contributed by atoms with van der Waals surface area (Å²) in [4.78, 5) is 0. The van der Waals surface area contributed by atoms with Crippen molar-refractivity contribution in [2.24, 2.45) is 0 Å². The standard InChI is InChI=1S/C18H31NO2/c1-2-3-4-5-6-7-8-9-13-20-14-15-21-18-12-10-11-17(19)16-18/h10-12,16H,2-9,13-15,19H2,1H3. The van der Waals surface area contributed by atoms with Crippen molar-refractivity contribution in [1.29, 1.82) is 0 Å². The number of anilines is 1. The molecule has 0 saturated carbocycles. The zero-order valence-electron chi connectivity index (χ0n) is 13.5. The Bertz CT molecular complexity index is 355. The van der Waals surface area contributed by atoms with Crippen molar-refractivity contribution in [2.45, 2.75) is 58.3 Å². The van der Waals surface area contributed by atoms with Crippen LogP contribution in [-0.2, 0) is 4.74 Å². The number of hydrogen-bond acceptors (Lipinski definition) is 3. The van der Waals surface area contributed by atoms with Crippen LogP contribution in [0, 0.1) is 0 Å². The van der Waals surface area contributed by atoms with E-state index in [0.29, 0.717) is 13.2 Å². The minimum absolute atomic E-state index is 0.584. The molecule has 0 saturated heterocycles. The predicted molar refractivity (Wildman–Crippen MR) is 89.8 cm³/mol. The van der Waals surface area contributed by atoms with Gasteiger partial charge in [-0.1, -0.05) is 57.9 Å². The molecule has 0 bridgehead atoms. The van der Waals surface area contributed by atoms with Crippen LogP contribution in [0.5, 0.6) is 5.75 Å². The van der Waals surface area contributed by atoms with Gasteiger partial charge < -0.3 is 15.2 Å². The summed E-state index contributed by atoms with van der Waals surface area (Å²) < 4.78 is 11.1. The Morgan fingerprint density at radius 2 is 1.57 bits per heavy atom. The summed E-state index contributed by atoms with van der Waals surface area (Å²) in [6, 6.07) is 7.49. The number of ether oxygens (including phenoxy) is 2. The molecule has 21 heavy (non-hydrogen) atoms. The van der Waals surface area contributed by atoms with Gasteiger partial charge in [0.05, 0.1) is 6.61 Å². The van der Waals surface area contributed by atoms with Crippen LogP contribution >= 0.6 is 0 Å². The second-order valence-electron chi connectivity index (χ2n) is 5.51. The summed E-state index contributed by atoms with van der Waals surface area (Å²) in [6.07, 6.45) is 10.7. The number of nitrogen functional groups attached to an aromatic ring is 1. The number of hydrogen-bond donors (Lipinski definition) is 1. The molecule has 120 valence electrons. The second kappa shape index (κ2) is 12.5. The lowest BCUT2D eigenvalue weighted by Gasteiger charge is -2.07. The topological polar surface area (TPSA) is 44.5 Å². The van der Waals surface area contributed by atoms with Gasteiger partial charge in [-0.15, -0.1) is 0 Å². The minimum Gasteiger partial charge on any atom is -0.491 e. The van der Waals surface area contributed by atoms with E-state index in [1.54, 1.807) is 0 Å². The molecule has 1 aromatic rings. The molecule has 0 amide bonds. The van der Waals surface area contributed by atoms with E-state index in [4.69, 9.17) is 15.2 Å². The molecule has 0 spiro atoms. The highest BCUT2D eigenvalue weighted by atomic mass is 16.5. The molecule has 1 aromatic carbocycles. The van der Waals surface area contributed by atoms with Gasteiger partial charge in [-0.2, -0.15) is 0 Å². The Hall–Kier alpha value is -1.22. The van der Waals surface area contributed by atoms with Crippen LogP contribution in [0.25, 0.3) is 0 Å². The number of rotatable bonds is 13. The molecule has 0 heterocycles. The molecule has 1 rings (SSSR count). The Kier molecular flexibility index (Phi) is 10.6. The highest BCUT2D eigenvalue weighted by Gasteiger charge is 1.95. The Labute approximate surface area is 129 Å². The van der Waals surface area contributed by atoms with Gasteiger partial charge in [-0.25, -0.2) is 0 Å². The van der Waals surface area contributed by atoms with E-state index < -0.39 is 0 Å². The van der Waals surface area contributed by atoms with E-state index in [2.05, 4.69) is 6.92 Å². The average molecular weight is 293 g/mol. The lowest BCUT2D eigenvalue weighted by molar-refractivity contribution is 0.0971. The molecule has 0 aliphatic rings. The molecular formula is C18H31NO2. The molecule has 0 atom stereocenters. The van der Waals surface area contributed by atoms with Gasteiger partial charge in [-0.05, 0) is 18.6 Å². The summed E-state index contributed by atoms with van der Waals surface area (Å²) in [7, 11) is 0. The third kappa shape index (κ3) is 10.2. The quantitative estimate of drug-likeness (QED) is 0.419. The van der Waals surface area contributed by atoms with Gasteiger partial charge in [-0.3, -0.25) is 0 Å². The highest BCUT2D eigenvalue weighted by Crippen LogP contribution is 2.14. The third-order valence-corrected chi connectivity index (χ3v) is 3.50. The summed E-state index contributed by atoms with van der Waals surface area (Å²) >= 11 is 0. The van der Waals surface area contributed by atoms with Crippen LogP contribution in [0.1, 0.15) is 58.3 Å². The molecule has 0 aromatic heterocycles. The molecule has 2 N–H and O–H groups in total. The second-order valence-corrected chi connectivity index (χ2v) is 5.51. The predicted octanol–water partition coefficient (Wildman–Crippen LogP) is 4.80. The summed E-state index contributed by atoms with van der Waals surface area (Å²) in [5.41, 5.74) is 6.41. The fraction of sp³-hybridized carbons (Fsp3) is 0.667. The molecule has 3 nitrogen and oxygen atoms in total. The molecule has 0 unspecified atom stereocenters. The first-order chi connectivity index (χ1) is 10.3. The van der Waals surface area contributed by atoms with Crippen molar-refractivity contribution in [2.75, 3.05) is 25.6 Å². The Morgan fingerprint density at radius 3 is 2.29 bits per heavy atom. The Morgan fingerprint density at radius 1 is 0.857 bits per heavy atom. The lowest BCUT2D eigenvalue weighted by atomic mass is 10.1. The van der Waals surface area contributed by atoms with E-state index >= 15 is 0 Å². The smallest absolute Gasteiger partial charge is 0.121 e. The monoisotopic (exact) mass is 293 g/mol. The number of unbranched alkanes of at least 4 members (excludes halogenated alkanes) is 7. The van der Waals surface area contributed by atoms with Crippen molar-refractivity contribution < 1.29 is 9.47 Å². The van der Waals surface area contributed by atoms with Gasteiger partial charge in [0, 0.05) is 18.4 Å². The fourth-order valence-corrected chi connectivity index (χ4v) is 2.26. The van der Waals surface area contributed by atoms with Crippen molar-refractivity contribution in [3.05, 3.63) is 24.3 Å². The van der Waals surface area contributed by atoms with Crippen molar-refractivity contribution in [3.63, 3.8) is 0 Å². The van der Waals surface area contributed by atoms with Crippen LogP contribution in [-0.4, -0.2) is 19.8 Å². The first-order valence-electron chi connectivity index (χ1n) is 8.39. The van der Waals surface area contributed by atoms with Gasteiger partial charge in [0.15, 0.2) is 0 Å². The lowest BCUT2D eigenvalue weighted by Crippen LogP contribution is -2.07. The third-order valence-electron chi connectivity index (χ3n) is 3.50. The summed E-state index contributed by atoms with van der Waals surface area (Å²) in [5.74, 6) is 0.811. The van der Waals surface area contributed by atoms with Crippen molar-refractivity contribution >= 4 is 5.69 Å². The van der Waals surface area contributed by atoms with Gasteiger partial charge in [0.2, 0.25) is 0 Å². The zero-order valence-corrected chi connectivity index (χ0v) is 13.5. The van der Waals surface area contributed by atoms with Crippen molar-refractivity contribution in [1.82, 2.24) is 0 Å². The normalized spacial score (nSPS) is 10.7. The number of benzene rings is 1. The van der Waals surface area contributed by atoms with Crippen LogP contribution in [0.15, 0.2) is 24.3 Å². The van der Waals surface area contributed by atoms with E-state index in [0.717, 1.165) is 24.5 Å². The van der Waals surface area contributed by atoms with Gasteiger partial charge in [0.1, 0.15) is 12.4 Å². The maximum Gasteiger partial charge on any atom is 0.121 e. The summed E-state index contributed by atoms with van der Waals surface area (Å²) in [6.45, 7) is 4.33. The fourth-order valence-electron chi connectivity index (χ4n) is 2.26. The maximum absolute atomic E-state index is 5.68. The average Bonchev–Trinajstić information content (AvgIpc) is 2.48. The minimum atomic E-state index is 0.584. The first kappa shape index (κ1) is 17.8. The molecule has 0 radical (unpaired) electrons. The Balaban J connectivity index is 1.82. The zero-order chi connectivity index (χ0) is 15.2. The molecule has 0 fully saturated rings. The molecule has 3 heteroatoms. The molecule has 0 aliphatic carbocycles. The van der Waals surface area contributed by atoms with Crippen LogP contribution in [0.4, 0.5) is 5.69 Å². The van der Waals surface area contributed by atoms with E-state index in [1.807, 2.05) is 24.3 Å². The van der Waals surface area contributed by atoms with E-state index in [1.165, 1.54) is 44.9 Å². The van der Waals surface area contributed by atoms with Gasteiger partial charge >= 0.3 is 0 Å². The number of nitrogens with two attached hydrogens (primary N) is 1. The molecule has 0 aliphatic heterocycles. The largest absolute Gasteiger partial charge is 0.491 e. The maximum atomic E-state index is 5.68. The van der Waals surface area contributed by atoms with Crippen molar-refractivity contribution in [3.8, 4) is 5.75 Å². The van der Waals surface area contributed by atoms with Crippen LogP contribution in [0.3, 0.4) is 0 Å². The van der Waals surface area contributed by atoms with E-state index in [-0.39, 0.29) is 0 Å². The van der Waals surface area contributed by atoms with Gasteiger partial charge in [0.25, 0.3) is 0 Å². The SMILES string of the molecule is CCCCCCCCCCOCCOc1cccc(N)c1. The summed E-state index contributed by atoms with van der Waals surface area (Å²) in [5, 5.41) is 0. The van der Waals surface area contributed by atoms with Crippen LogP contribution in [0.2, 0.25) is 0 Å². The van der Waals surface area contributed by atoms with E-state index in [9.17, 15) is 0 Å². The highest BCUT2D eigenvalue weighted by molar-refractivity contribution is 5.43. The van der Waals surface area contributed by atoms with Crippen LogP contribution < -0.4 is 10.5 Å². The first-order valence-corrected chi connectivity index (χ1v) is 8.39. The molecular weight excluding hydrogens is 262 g/mol.